The number of nitrogens with zero attached hydrogens (tertiary/aromatic N) is 1. The monoisotopic (exact) mass is 299 g/mol. The zero-order chi connectivity index (χ0) is 15.5. The molecule has 5 nitrogen and oxygen atoms in total. The van der Waals surface area contributed by atoms with Crippen LogP contribution in [-0.2, 0) is 9.53 Å². The second-order valence-corrected chi connectivity index (χ2v) is 6.17. The number of hydrogen-bond donors (Lipinski definition) is 2. The largest absolute Gasteiger partial charge is 0.383 e. The molecule has 1 amide bonds. The van der Waals surface area contributed by atoms with Crippen LogP contribution in [0.25, 0.3) is 0 Å². The number of hydrogen-bond acceptors (Lipinski definition) is 4. The lowest BCUT2D eigenvalue weighted by molar-refractivity contribution is -0.123. The predicted octanol–water partition coefficient (Wildman–Crippen LogP) is 1.24. The van der Waals surface area contributed by atoms with Crippen LogP contribution < -0.4 is 10.6 Å². The molecule has 1 atom stereocenters. The van der Waals surface area contributed by atoms with E-state index >= 15 is 0 Å². The van der Waals surface area contributed by atoms with Gasteiger partial charge in [-0.3, -0.25) is 9.69 Å². The summed E-state index contributed by atoms with van der Waals surface area (Å²) >= 11 is 0. The molecule has 1 rings (SSSR count). The van der Waals surface area contributed by atoms with Crippen molar-refractivity contribution in [2.75, 3.05) is 46.4 Å². The molecule has 1 aliphatic rings. The predicted molar refractivity (Wildman–Crippen MR) is 86.4 cm³/mol. The number of carbonyl (C=O) groups is 1. The first-order valence-electron chi connectivity index (χ1n) is 8.37. The highest BCUT2D eigenvalue weighted by Crippen LogP contribution is 2.15. The molecule has 124 valence electrons. The minimum atomic E-state index is 0.174. The van der Waals surface area contributed by atoms with E-state index in [0.717, 1.165) is 51.5 Å². The lowest BCUT2D eigenvalue weighted by atomic mass is 9.97. The zero-order valence-electron chi connectivity index (χ0n) is 14.0. The summed E-state index contributed by atoms with van der Waals surface area (Å²) in [6.45, 7) is 9.62. The van der Waals surface area contributed by atoms with Gasteiger partial charge in [-0.05, 0) is 51.7 Å². The first kappa shape index (κ1) is 18.4. The lowest BCUT2D eigenvalue weighted by Crippen LogP contribution is -2.44. The molecule has 0 spiro atoms. The van der Waals surface area contributed by atoms with Gasteiger partial charge in [0, 0.05) is 19.7 Å². The number of rotatable bonds is 10. The van der Waals surface area contributed by atoms with Gasteiger partial charge >= 0.3 is 0 Å². The van der Waals surface area contributed by atoms with Crippen LogP contribution >= 0.6 is 0 Å². The maximum absolute atomic E-state index is 11.9. The van der Waals surface area contributed by atoms with Crippen molar-refractivity contribution >= 4 is 5.91 Å². The fourth-order valence-electron chi connectivity index (χ4n) is 2.86. The Kier molecular flexibility index (Phi) is 9.63. The topological polar surface area (TPSA) is 53.6 Å². The minimum Gasteiger partial charge on any atom is -0.383 e. The minimum absolute atomic E-state index is 0.174. The molecule has 0 aromatic heterocycles. The summed E-state index contributed by atoms with van der Waals surface area (Å²) in [5.74, 6) is 0.910. The normalized spacial score (nSPS) is 18.6. The van der Waals surface area contributed by atoms with E-state index in [4.69, 9.17) is 4.74 Å². The molecule has 0 saturated carbocycles. The Morgan fingerprint density at radius 2 is 2.10 bits per heavy atom. The Morgan fingerprint density at radius 1 is 1.38 bits per heavy atom. The fourth-order valence-corrected chi connectivity index (χ4v) is 2.86. The van der Waals surface area contributed by atoms with Gasteiger partial charge in [-0.25, -0.2) is 0 Å². The van der Waals surface area contributed by atoms with Gasteiger partial charge in [0.25, 0.3) is 0 Å². The van der Waals surface area contributed by atoms with Crippen molar-refractivity contribution in [2.45, 2.75) is 45.6 Å². The average Bonchev–Trinajstić information content (AvgIpc) is 2.45. The van der Waals surface area contributed by atoms with Crippen LogP contribution in [0.15, 0.2) is 0 Å². The maximum Gasteiger partial charge on any atom is 0.234 e. The Balaban J connectivity index is 2.11. The Bertz CT molecular complexity index is 279. The van der Waals surface area contributed by atoms with E-state index in [1.165, 1.54) is 12.8 Å². The van der Waals surface area contributed by atoms with Crippen LogP contribution in [-0.4, -0.2) is 63.3 Å². The number of carbonyl (C=O) groups excluding carboxylic acids is 1. The van der Waals surface area contributed by atoms with E-state index in [1.54, 1.807) is 7.11 Å². The Labute approximate surface area is 129 Å². The molecule has 1 aliphatic heterocycles. The third-order valence-corrected chi connectivity index (χ3v) is 4.12. The average molecular weight is 299 g/mol. The molecule has 0 radical (unpaired) electrons. The van der Waals surface area contributed by atoms with Crippen molar-refractivity contribution in [2.24, 2.45) is 5.92 Å². The summed E-state index contributed by atoms with van der Waals surface area (Å²) in [7, 11) is 1.73. The molecule has 1 heterocycles. The fraction of sp³-hybridized carbons (Fsp3) is 0.938. The van der Waals surface area contributed by atoms with Crippen molar-refractivity contribution in [3.8, 4) is 0 Å². The number of ether oxygens (including phenoxy) is 1. The molecule has 0 bridgehead atoms. The first-order valence-corrected chi connectivity index (χ1v) is 8.37. The van der Waals surface area contributed by atoms with Gasteiger partial charge in [-0.2, -0.15) is 0 Å². The van der Waals surface area contributed by atoms with E-state index in [0.29, 0.717) is 12.6 Å². The van der Waals surface area contributed by atoms with Crippen LogP contribution in [0, 0.1) is 5.92 Å². The highest BCUT2D eigenvalue weighted by atomic mass is 16.5. The van der Waals surface area contributed by atoms with Gasteiger partial charge in [0.2, 0.25) is 5.91 Å². The molecule has 21 heavy (non-hydrogen) atoms. The summed E-state index contributed by atoms with van der Waals surface area (Å²) in [5, 5.41) is 6.51. The van der Waals surface area contributed by atoms with Crippen LogP contribution in [0.3, 0.4) is 0 Å². The number of likely N-dealkylation sites (tertiary alicyclic amines) is 1. The van der Waals surface area contributed by atoms with Crippen LogP contribution in [0.4, 0.5) is 0 Å². The first-order chi connectivity index (χ1) is 10.2. The standard InChI is InChI=1S/C16H33N3O2/c1-4-5-14(2)18-16(20)13-19-9-6-15(7-10-19)12-17-8-11-21-3/h14-15,17H,4-13H2,1-3H3,(H,18,20). The summed E-state index contributed by atoms with van der Waals surface area (Å²) < 4.78 is 5.03. The molecule has 1 saturated heterocycles. The van der Waals surface area contributed by atoms with Crippen molar-refractivity contribution < 1.29 is 9.53 Å². The molecule has 0 aromatic rings. The zero-order valence-corrected chi connectivity index (χ0v) is 14.0. The van der Waals surface area contributed by atoms with Gasteiger partial charge in [0.05, 0.1) is 13.2 Å². The van der Waals surface area contributed by atoms with Crippen LogP contribution in [0.1, 0.15) is 39.5 Å². The molecule has 0 aliphatic carbocycles. The van der Waals surface area contributed by atoms with E-state index in [9.17, 15) is 4.79 Å². The van der Waals surface area contributed by atoms with Crippen molar-refractivity contribution in [1.82, 2.24) is 15.5 Å². The number of nitrogens with one attached hydrogen (secondary N) is 2. The third-order valence-electron chi connectivity index (χ3n) is 4.12. The van der Waals surface area contributed by atoms with E-state index < -0.39 is 0 Å². The van der Waals surface area contributed by atoms with Gasteiger partial charge in [0.1, 0.15) is 0 Å². The van der Waals surface area contributed by atoms with Crippen molar-refractivity contribution in [3.63, 3.8) is 0 Å². The molecule has 0 aromatic carbocycles. The van der Waals surface area contributed by atoms with E-state index in [1.807, 2.05) is 0 Å². The molecule has 5 heteroatoms. The smallest absolute Gasteiger partial charge is 0.234 e. The van der Waals surface area contributed by atoms with Crippen molar-refractivity contribution in [3.05, 3.63) is 0 Å². The molecule has 2 N–H and O–H groups in total. The quantitative estimate of drug-likeness (QED) is 0.596. The lowest BCUT2D eigenvalue weighted by Gasteiger charge is -2.31. The van der Waals surface area contributed by atoms with Gasteiger partial charge in [-0.1, -0.05) is 13.3 Å². The van der Waals surface area contributed by atoms with Gasteiger partial charge in [0.15, 0.2) is 0 Å². The molecule has 1 unspecified atom stereocenters. The summed E-state index contributed by atoms with van der Waals surface area (Å²) in [6.07, 6.45) is 4.53. The van der Waals surface area contributed by atoms with Crippen LogP contribution in [0.2, 0.25) is 0 Å². The maximum atomic E-state index is 11.9. The van der Waals surface area contributed by atoms with E-state index in [2.05, 4.69) is 29.4 Å². The number of piperidine rings is 1. The number of amides is 1. The highest BCUT2D eigenvalue weighted by Gasteiger charge is 2.20. The third kappa shape index (κ3) is 8.39. The second-order valence-electron chi connectivity index (χ2n) is 6.17. The Morgan fingerprint density at radius 3 is 2.71 bits per heavy atom. The highest BCUT2D eigenvalue weighted by molar-refractivity contribution is 5.78. The van der Waals surface area contributed by atoms with E-state index in [-0.39, 0.29) is 5.91 Å². The second kappa shape index (κ2) is 11.0. The van der Waals surface area contributed by atoms with Gasteiger partial charge < -0.3 is 15.4 Å². The molecule has 1 fully saturated rings. The summed E-state index contributed by atoms with van der Waals surface area (Å²) in [6, 6.07) is 0.296. The summed E-state index contributed by atoms with van der Waals surface area (Å²) in [5.41, 5.74) is 0. The Hall–Kier alpha value is -0.650. The van der Waals surface area contributed by atoms with Crippen LogP contribution in [0.5, 0.6) is 0 Å². The molecular formula is C16H33N3O2. The SMILES string of the molecule is CCCC(C)NC(=O)CN1CCC(CNCCOC)CC1. The summed E-state index contributed by atoms with van der Waals surface area (Å²) in [4.78, 5) is 14.2. The molecular weight excluding hydrogens is 266 g/mol. The number of methoxy groups -OCH3 is 1. The van der Waals surface area contributed by atoms with Gasteiger partial charge in [-0.15, -0.1) is 0 Å². The van der Waals surface area contributed by atoms with Crippen molar-refractivity contribution in [1.29, 1.82) is 0 Å².